The zero-order chi connectivity index (χ0) is 18.7. The van der Waals surface area contributed by atoms with Crippen LogP contribution in [0.4, 0.5) is 5.69 Å². The summed E-state index contributed by atoms with van der Waals surface area (Å²) in [6, 6.07) is 11.4. The van der Waals surface area contributed by atoms with E-state index in [-0.39, 0.29) is 5.91 Å². The van der Waals surface area contributed by atoms with Crippen molar-refractivity contribution in [2.45, 2.75) is 46.0 Å². The Hall–Kier alpha value is -2.33. The Morgan fingerprint density at radius 2 is 2.04 bits per heavy atom. The highest BCUT2D eigenvalue weighted by molar-refractivity contribution is 6.33. The number of anilines is 1. The lowest BCUT2D eigenvalue weighted by Gasteiger charge is -2.07. The first-order valence-electron chi connectivity index (χ1n) is 8.98. The van der Waals surface area contributed by atoms with Gasteiger partial charge in [0.1, 0.15) is 5.52 Å². The minimum Gasteiger partial charge on any atom is -0.436 e. The number of rotatable bonds is 6. The molecule has 0 atom stereocenters. The quantitative estimate of drug-likeness (QED) is 0.546. The van der Waals surface area contributed by atoms with E-state index in [1.807, 2.05) is 18.2 Å². The predicted octanol–water partition coefficient (Wildman–Crippen LogP) is 6.40. The Kier molecular flexibility index (Phi) is 5.62. The number of fused-ring (bicyclic) bond motifs is 1. The maximum absolute atomic E-state index is 12.0. The minimum atomic E-state index is -0.000683. The Morgan fingerprint density at radius 1 is 1.23 bits per heavy atom. The van der Waals surface area contributed by atoms with Crippen LogP contribution in [0, 0.1) is 0 Å². The van der Waals surface area contributed by atoms with Gasteiger partial charge in [-0.05, 0) is 48.2 Å². The van der Waals surface area contributed by atoms with Crippen molar-refractivity contribution in [3.8, 4) is 11.5 Å². The fourth-order valence-electron chi connectivity index (χ4n) is 2.75. The smallest absolute Gasteiger partial charge is 0.228 e. The summed E-state index contributed by atoms with van der Waals surface area (Å²) in [5.74, 6) is 0.875. The first-order chi connectivity index (χ1) is 12.5. The first kappa shape index (κ1) is 18.5. The topological polar surface area (TPSA) is 55.1 Å². The van der Waals surface area contributed by atoms with E-state index in [0.29, 0.717) is 34.5 Å². The highest BCUT2D eigenvalue weighted by atomic mass is 35.5. The summed E-state index contributed by atoms with van der Waals surface area (Å²) >= 11 is 6.35. The number of aromatic nitrogens is 1. The Balaban J connectivity index is 1.91. The molecule has 5 heteroatoms. The molecule has 0 saturated carbocycles. The molecule has 0 radical (unpaired) electrons. The van der Waals surface area contributed by atoms with Crippen molar-refractivity contribution >= 4 is 34.3 Å². The van der Waals surface area contributed by atoms with Crippen LogP contribution in [-0.2, 0) is 4.79 Å². The van der Waals surface area contributed by atoms with Crippen molar-refractivity contribution in [2.75, 3.05) is 5.32 Å². The third-order valence-corrected chi connectivity index (χ3v) is 4.65. The van der Waals surface area contributed by atoms with Crippen molar-refractivity contribution < 1.29 is 9.21 Å². The van der Waals surface area contributed by atoms with E-state index in [0.717, 1.165) is 23.9 Å². The van der Waals surface area contributed by atoms with Gasteiger partial charge >= 0.3 is 0 Å². The Morgan fingerprint density at radius 3 is 2.77 bits per heavy atom. The van der Waals surface area contributed by atoms with E-state index in [1.54, 1.807) is 18.2 Å². The van der Waals surface area contributed by atoms with Crippen LogP contribution in [-0.4, -0.2) is 10.9 Å². The van der Waals surface area contributed by atoms with Crippen molar-refractivity contribution in [1.29, 1.82) is 0 Å². The number of hydrogen-bond donors (Lipinski definition) is 1. The molecule has 26 heavy (non-hydrogen) atoms. The fraction of sp³-hybridized carbons (Fsp3) is 0.333. The van der Waals surface area contributed by atoms with Crippen LogP contribution in [0.5, 0.6) is 0 Å². The molecule has 0 bridgehead atoms. The number of nitrogens with zero attached hydrogens (tertiary/aromatic N) is 1. The number of unbranched alkanes of at least 4 members (excludes halogenated alkanes) is 1. The van der Waals surface area contributed by atoms with Gasteiger partial charge < -0.3 is 9.73 Å². The van der Waals surface area contributed by atoms with Gasteiger partial charge in [-0.1, -0.05) is 44.9 Å². The van der Waals surface area contributed by atoms with Crippen molar-refractivity contribution in [3.63, 3.8) is 0 Å². The summed E-state index contributed by atoms with van der Waals surface area (Å²) in [6.07, 6.45) is 2.37. The maximum atomic E-state index is 12.0. The molecule has 0 aliphatic heterocycles. The molecule has 3 aromatic rings. The zero-order valence-corrected chi connectivity index (χ0v) is 16.1. The van der Waals surface area contributed by atoms with Crippen LogP contribution in [0.3, 0.4) is 0 Å². The van der Waals surface area contributed by atoms with E-state index in [2.05, 4.69) is 31.1 Å². The van der Waals surface area contributed by atoms with Crippen LogP contribution < -0.4 is 5.32 Å². The maximum Gasteiger partial charge on any atom is 0.228 e. The number of hydrogen-bond acceptors (Lipinski definition) is 3. The van der Waals surface area contributed by atoms with Gasteiger partial charge in [0.15, 0.2) is 5.58 Å². The van der Waals surface area contributed by atoms with E-state index in [4.69, 9.17) is 16.0 Å². The van der Waals surface area contributed by atoms with Crippen molar-refractivity contribution in [2.24, 2.45) is 0 Å². The largest absolute Gasteiger partial charge is 0.436 e. The predicted molar refractivity (Wildman–Crippen MR) is 107 cm³/mol. The summed E-state index contributed by atoms with van der Waals surface area (Å²) in [4.78, 5) is 16.6. The normalized spacial score (nSPS) is 11.3. The molecule has 0 aliphatic rings. The van der Waals surface area contributed by atoms with Gasteiger partial charge in [0.25, 0.3) is 0 Å². The highest BCUT2D eigenvalue weighted by Gasteiger charge is 2.14. The van der Waals surface area contributed by atoms with Crippen LogP contribution in [0.1, 0.15) is 51.5 Å². The molecule has 2 aromatic carbocycles. The lowest BCUT2D eigenvalue weighted by Crippen LogP contribution is -2.10. The van der Waals surface area contributed by atoms with E-state index in [9.17, 15) is 4.79 Å². The van der Waals surface area contributed by atoms with Gasteiger partial charge in [0.2, 0.25) is 11.8 Å². The second-order valence-corrected chi connectivity index (χ2v) is 7.15. The second kappa shape index (κ2) is 7.92. The molecular weight excluding hydrogens is 348 g/mol. The SMILES string of the molecule is CCCCC(=O)Nc1ccc(Cl)c(-c2nc3cc(C(C)C)ccc3o2)c1. The summed E-state index contributed by atoms with van der Waals surface area (Å²) in [5.41, 5.74) is 4.09. The average molecular weight is 371 g/mol. The number of oxazole rings is 1. The number of benzene rings is 2. The van der Waals surface area contributed by atoms with Crippen LogP contribution in [0.15, 0.2) is 40.8 Å². The van der Waals surface area contributed by atoms with E-state index < -0.39 is 0 Å². The third kappa shape index (κ3) is 4.07. The molecular formula is C21H23ClN2O2. The lowest BCUT2D eigenvalue weighted by atomic mass is 10.0. The van der Waals surface area contributed by atoms with Crippen molar-refractivity contribution in [3.05, 3.63) is 47.0 Å². The zero-order valence-electron chi connectivity index (χ0n) is 15.3. The second-order valence-electron chi connectivity index (χ2n) is 6.75. The Bertz CT molecular complexity index is 931. The minimum absolute atomic E-state index is 0.000683. The summed E-state index contributed by atoms with van der Waals surface area (Å²) in [7, 11) is 0. The van der Waals surface area contributed by atoms with E-state index in [1.165, 1.54) is 5.56 Å². The molecule has 0 aliphatic carbocycles. The molecule has 1 N–H and O–H groups in total. The summed E-state index contributed by atoms with van der Waals surface area (Å²) in [5, 5.41) is 3.44. The van der Waals surface area contributed by atoms with Gasteiger partial charge in [-0.2, -0.15) is 0 Å². The molecule has 0 unspecified atom stereocenters. The summed E-state index contributed by atoms with van der Waals surface area (Å²) < 4.78 is 5.89. The van der Waals surface area contributed by atoms with Crippen LogP contribution in [0.25, 0.3) is 22.6 Å². The van der Waals surface area contributed by atoms with Crippen molar-refractivity contribution in [1.82, 2.24) is 4.98 Å². The molecule has 0 spiro atoms. The molecule has 136 valence electrons. The molecule has 1 heterocycles. The molecule has 3 rings (SSSR count). The van der Waals surface area contributed by atoms with Crippen LogP contribution >= 0.6 is 11.6 Å². The number of carbonyl (C=O) groups is 1. The first-order valence-corrected chi connectivity index (χ1v) is 9.36. The molecule has 0 fully saturated rings. The molecule has 1 aromatic heterocycles. The standard InChI is InChI=1S/C21H23ClN2O2/c1-4-5-6-20(25)23-15-8-9-17(22)16(12-15)21-24-18-11-14(13(2)3)7-10-19(18)26-21/h7-13H,4-6H2,1-3H3,(H,23,25). The van der Waals surface area contributed by atoms with Gasteiger partial charge in [-0.15, -0.1) is 0 Å². The van der Waals surface area contributed by atoms with Crippen LogP contribution in [0.2, 0.25) is 5.02 Å². The number of nitrogens with one attached hydrogen (secondary N) is 1. The van der Waals surface area contributed by atoms with Gasteiger partial charge in [0, 0.05) is 12.1 Å². The number of amides is 1. The average Bonchev–Trinajstić information content (AvgIpc) is 3.04. The van der Waals surface area contributed by atoms with Gasteiger partial charge in [-0.25, -0.2) is 4.98 Å². The molecule has 0 saturated heterocycles. The monoisotopic (exact) mass is 370 g/mol. The van der Waals surface area contributed by atoms with Gasteiger partial charge in [-0.3, -0.25) is 4.79 Å². The van der Waals surface area contributed by atoms with Gasteiger partial charge in [0.05, 0.1) is 10.6 Å². The number of carbonyl (C=O) groups excluding carboxylic acids is 1. The third-order valence-electron chi connectivity index (χ3n) is 4.32. The lowest BCUT2D eigenvalue weighted by molar-refractivity contribution is -0.116. The molecule has 1 amide bonds. The number of halogens is 1. The van der Waals surface area contributed by atoms with E-state index >= 15 is 0 Å². The fourth-order valence-corrected chi connectivity index (χ4v) is 2.94. The molecule has 4 nitrogen and oxygen atoms in total. The highest BCUT2D eigenvalue weighted by Crippen LogP contribution is 2.33. The summed E-state index contributed by atoms with van der Waals surface area (Å²) in [6.45, 7) is 6.35. The Labute approximate surface area is 158 Å².